The third-order valence-corrected chi connectivity index (χ3v) is 3.00. The molecule has 1 unspecified atom stereocenters. The second kappa shape index (κ2) is 5.40. The SMILES string of the molecule is CC(C)OC(=O)CN1CCC(O)c2ccccc21. The van der Waals surface area contributed by atoms with E-state index >= 15 is 0 Å². The lowest BCUT2D eigenvalue weighted by molar-refractivity contribution is -0.145. The molecule has 4 nitrogen and oxygen atoms in total. The Morgan fingerprint density at radius 2 is 2.22 bits per heavy atom. The van der Waals surface area contributed by atoms with Crippen molar-refractivity contribution >= 4 is 11.7 Å². The molecule has 0 aliphatic carbocycles. The second-order valence-corrected chi connectivity index (χ2v) is 4.82. The molecule has 0 bridgehead atoms. The Morgan fingerprint density at radius 1 is 1.50 bits per heavy atom. The van der Waals surface area contributed by atoms with E-state index in [0.717, 1.165) is 11.3 Å². The first kappa shape index (κ1) is 12.9. The Labute approximate surface area is 107 Å². The van der Waals surface area contributed by atoms with E-state index in [2.05, 4.69) is 0 Å². The second-order valence-electron chi connectivity index (χ2n) is 4.82. The van der Waals surface area contributed by atoms with Crippen LogP contribution in [0.5, 0.6) is 0 Å². The Kier molecular flexibility index (Phi) is 3.87. The molecule has 0 saturated carbocycles. The molecule has 0 fully saturated rings. The van der Waals surface area contributed by atoms with Crippen molar-refractivity contribution in [2.45, 2.75) is 32.5 Å². The molecule has 0 radical (unpaired) electrons. The Balaban J connectivity index is 2.12. The van der Waals surface area contributed by atoms with Gasteiger partial charge >= 0.3 is 5.97 Å². The van der Waals surface area contributed by atoms with Crippen LogP contribution in [0, 0.1) is 0 Å². The largest absolute Gasteiger partial charge is 0.462 e. The average Bonchev–Trinajstić information content (AvgIpc) is 2.32. The Hall–Kier alpha value is -1.55. The van der Waals surface area contributed by atoms with Gasteiger partial charge in [0.15, 0.2) is 0 Å². The van der Waals surface area contributed by atoms with Crippen LogP contribution in [0.3, 0.4) is 0 Å². The van der Waals surface area contributed by atoms with E-state index in [1.165, 1.54) is 0 Å². The van der Waals surface area contributed by atoms with Crippen LogP contribution >= 0.6 is 0 Å². The number of carbonyl (C=O) groups excluding carboxylic acids is 1. The summed E-state index contributed by atoms with van der Waals surface area (Å²) >= 11 is 0. The molecule has 1 aromatic rings. The van der Waals surface area contributed by atoms with Gasteiger partial charge in [0.25, 0.3) is 0 Å². The molecule has 0 aromatic heterocycles. The van der Waals surface area contributed by atoms with Gasteiger partial charge in [-0.15, -0.1) is 0 Å². The molecule has 0 saturated heterocycles. The van der Waals surface area contributed by atoms with Crippen LogP contribution in [-0.2, 0) is 9.53 Å². The summed E-state index contributed by atoms with van der Waals surface area (Å²) in [5.41, 5.74) is 1.82. The van der Waals surface area contributed by atoms with Gasteiger partial charge in [0, 0.05) is 17.8 Å². The van der Waals surface area contributed by atoms with Gasteiger partial charge in [-0.3, -0.25) is 4.79 Å². The van der Waals surface area contributed by atoms with Crippen LogP contribution in [-0.4, -0.2) is 30.3 Å². The minimum absolute atomic E-state index is 0.0943. The fraction of sp³-hybridized carbons (Fsp3) is 0.500. The van der Waals surface area contributed by atoms with Crippen molar-refractivity contribution in [1.82, 2.24) is 0 Å². The predicted molar refractivity (Wildman–Crippen MR) is 69.5 cm³/mol. The topological polar surface area (TPSA) is 49.8 Å². The van der Waals surface area contributed by atoms with Crippen LogP contribution in [0.15, 0.2) is 24.3 Å². The minimum Gasteiger partial charge on any atom is -0.462 e. The van der Waals surface area contributed by atoms with Crippen LogP contribution in [0.2, 0.25) is 0 Å². The maximum absolute atomic E-state index is 11.7. The molecule has 1 N–H and O–H groups in total. The van der Waals surface area contributed by atoms with Gasteiger partial charge in [-0.1, -0.05) is 18.2 Å². The highest BCUT2D eigenvalue weighted by Gasteiger charge is 2.24. The molecule has 1 heterocycles. The van der Waals surface area contributed by atoms with E-state index in [4.69, 9.17) is 4.74 Å². The smallest absolute Gasteiger partial charge is 0.325 e. The number of aliphatic hydroxyl groups excluding tert-OH is 1. The molecular formula is C14H19NO3. The number of ether oxygens (including phenoxy) is 1. The van der Waals surface area contributed by atoms with Crippen molar-refractivity contribution in [2.24, 2.45) is 0 Å². The van der Waals surface area contributed by atoms with Crippen LogP contribution < -0.4 is 4.90 Å². The van der Waals surface area contributed by atoms with E-state index < -0.39 is 6.10 Å². The molecule has 1 aromatic carbocycles. The van der Waals surface area contributed by atoms with Crippen LogP contribution in [0.4, 0.5) is 5.69 Å². The van der Waals surface area contributed by atoms with Crippen molar-refractivity contribution < 1.29 is 14.6 Å². The molecule has 98 valence electrons. The van der Waals surface area contributed by atoms with Gasteiger partial charge < -0.3 is 14.7 Å². The first-order valence-electron chi connectivity index (χ1n) is 6.29. The highest BCUT2D eigenvalue weighted by Crippen LogP contribution is 2.33. The number of nitrogens with zero attached hydrogens (tertiary/aromatic N) is 1. The third kappa shape index (κ3) is 2.82. The van der Waals surface area contributed by atoms with Crippen LogP contribution in [0.1, 0.15) is 31.9 Å². The van der Waals surface area contributed by atoms with Crippen molar-refractivity contribution in [3.63, 3.8) is 0 Å². The number of carbonyl (C=O) groups is 1. The number of hydrogen-bond acceptors (Lipinski definition) is 4. The predicted octanol–water partition coefficient (Wildman–Crippen LogP) is 1.88. The minimum atomic E-state index is -0.432. The monoisotopic (exact) mass is 249 g/mol. The fourth-order valence-corrected chi connectivity index (χ4v) is 2.23. The van der Waals surface area contributed by atoms with Gasteiger partial charge in [0.1, 0.15) is 6.54 Å². The van der Waals surface area contributed by atoms with E-state index in [0.29, 0.717) is 13.0 Å². The quantitative estimate of drug-likeness (QED) is 0.831. The third-order valence-electron chi connectivity index (χ3n) is 3.00. The summed E-state index contributed by atoms with van der Waals surface area (Å²) in [4.78, 5) is 13.7. The van der Waals surface area contributed by atoms with Crippen molar-refractivity contribution in [3.8, 4) is 0 Å². The lowest BCUT2D eigenvalue weighted by atomic mass is 9.99. The number of fused-ring (bicyclic) bond motifs is 1. The maximum atomic E-state index is 11.7. The van der Waals surface area contributed by atoms with E-state index in [1.807, 2.05) is 43.0 Å². The average molecular weight is 249 g/mol. The standard InChI is InChI=1S/C14H19NO3/c1-10(2)18-14(17)9-15-8-7-13(16)11-5-3-4-6-12(11)15/h3-6,10,13,16H,7-9H2,1-2H3. The molecule has 4 heteroatoms. The number of rotatable bonds is 3. The zero-order valence-corrected chi connectivity index (χ0v) is 10.8. The van der Waals surface area contributed by atoms with Gasteiger partial charge in [-0.25, -0.2) is 0 Å². The number of aliphatic hydroxyl groups is 1. The summed E-state index contributed by atoms with van der Waals surface area (Å²) in [6.45, 7) is 4.59. The molecule has 1 aliphatic rings. The van der Waals surface area contributed by atoms with Crippen molar-refractivity contribution in [3.05, 3.63) is 29.8 Å². The van der Waals surface area contributed by atoms with E-state index in [1.54, 1.807) is 0 Å². The maximum Gasteiger partial charge on any atom is 0.325 e. The summed E-state index contributed by atoms with van der Waals surface area (Å²) in [5.74, 6) is -0.226. The molecule has 18 heavy (non-hydrogen) atoms. The van der Waals surface area contributed by atoms with Gasteiger partial charge in [0.2, 0.25) is 0 Å². The van der Waals surface area contributed by atoms with Crippen molar-refractivity contribution in [2.75, 3.05) is 18.0 Å². The lowest BCUT2D eigenvalue weighted by Gasteiger charge is -2.33. The Bertz CT molecular complexity index is 431. The first-order valence-corrected chi connectivity index (χ1v) is 6.29. The summed E-state index contributed by atoms with van der Waals surface area (Å²) in [6.07, 6.45) is 0.119. The van der Waals surface area contributed by atoms with Gasteiger partial charge in [-0.05, 0) is 26.3 Å². The molecule has 1 atom stereocenters. The van der Waals surface area contributed by atoms with Gasteiger partial charge in [-0.2, -0.15) is 0 Å². The number of anilines is 1. The molecule has 0 spiro atoms. The summed E-state index contributed by atoms with van der Waals surface area (Å²) in [7, 11) is 0. The number of esters is 1. The fourth-order valence-electron chi connectivity index (χ4n) is 2.23. The molecule has 2 rings (SSSR count). The van der Waals surface area contributed by atoms with Crippen molar-refractivity contribution in [1.29, 1.82) is 0 Å². The summed E-state index contributed by atoms with van der Waals surface area (Å²) in [5, 5.41) is 9.92. The number of benzene rings is 1. The normalized spacial score (nSPS) is 18.7. The van der Waals surface area contributed by atoms with Gasteiger partial charge in [0.05, 0.1) is 12.2 Å². The van der Waals surface area contributed by atoms with E-state index in [9.17, 15) is 9.90 Å². The lowest BCUT2D eigenvalue weighted by Crippen LogP contribution is -2.36. The zero-order chi connectivity index (χ0) is 13.1. The highest BCUT2D eigenvalue weighted by atomic mass is 16.5. The summed E-state index contributed by atoms with van der Waals surface area (Å²) < 4.78 is 5.15. The zero-order valence-electron chi connectivity index (χ0n) is 10.8. The molecule has 1 aliphatic heterocycles. The van der Waals surface area contributed by atoms with Crippen LogP contribution in [0.25, 0.3) is 0 Å². The number of hydrogen-bond donors (Lipinski definition) is 1. The molecule has 0 amide bonds. The first-order chi connectivity index (χ1) is 8.58. The van der Waals surface area contributed by atoms with E-state index in [-0.39, 0.29) is 18.6 Å². The highest BCUT2D eigenvalue weighted by molar-refractivity contribution is 5.77. The summed E-state index contributed by atoms with van der Waals surface area (Å²) in [6, 6.07) is 7.65. The Morgan fingerprint density at radius 3 is 2.94 bits per heavy atom. The number of para-hydroxylation sites is 1. The molecular weight excluding hydrogens is 230 g/mol.